The van der Waals surface area contributed by atoms with E-state index < -0.39 is 0 Å². The van der Waals surface area contributed by atoms with Crippen LogP contribution in [-0.2, 0) is 13.5 Å². The van der Waals surface area contributed by atoms with E-state index >= 15 is 0 Å². The molecule has 7 nitrogen and oxygen atoms in total. The third-order valence-corrected chi connectivity index (χ3v) is 6.10. The van der Waals surface area contributed by atoms with Crippen LogP contribution in [-0.4, -0.2) is 56.1 Å². The van der Waals surface area contributed by atoms with E-state index in [-0.39, 0.29) is 5.56 Å². The Labute approximate surface area is 169 Å². The molecule has 2 aliphatic heterocycles. The number of nitrogens with zero attached hydrogens (tertiary/aromatic N) is 6. The second kappa shape index (κ2) is 7.40. The minimum Gasteiger partial charge on any atom is -0.336 e. The Hall–Kier alpha value is -3.06. The summed E-state index contributed by atoms with van der Waals surface area (Å²) in [4.78, 5) is 30.5. The van der Waals surface area contributed by atoms with E-state index in [1.807, 2.05) is 0 Å². The lowest BCUT2D eigenvalue weighted by Crippen LogP contribution is -2.48. The van der Waals surface area contributed by atoms with Gasteiger partial charge in [-0.25, -0.2) is 15.0 Å². The maximum absolute atomic E-state index is 12.6. The minimum atomic E-state index is -0.0627. The molecule has 2 bridgehead atoms. The molecule has 2 aliphatic rings. The smallest absolute Gasteiger partial charge is 0.255 e. The Morgan fingerprint density at radius 1 is 1.07 bits per heavy atom. The van der Waals surface area contributed by atoms with Crippen LogP contribution < -0.4 is 10.5 Å². The molecule has 7 heteroatoms. The first kappa shape index (κ1) is 18.0. The van der Waals surface area contributed by atoms with Crippen molar-refractivity contribution in [1.29, 1.82) is 0 Å². The molecule has 0 spiro atoms. The number of aromatic nitrogens is 4. The SMILES string of the molecule is Cn1c(N2CC3CC2CN3CCc2ccccc2)nc(-c2ccncn2)cc1=O. The zero-order valence-corrected chi connectivity index (χ0v) is 16.5. The number of fused-ring (bicyclic) bond motifs is 2. The van der Waals surface area contributed by atoms with Gasteiger partial charge in [0.2, 0.25) is 5.95 Å². The molecule has 2 unspecified atom stereocenters. The zero-order valence-electron chi connectivity index (χ0n) is 16.5. The normalized spacial score (nSPS) is 21.1. The number of rotatable bonds is 5. The monoisotopic (exact) mass is 388 g/mol. The molecular formula is C22H24N6O. The molecule has 0 amide bonds. The molecular weight excluding hydrogens is 364 g/mol. The summed E-state index contributed by atoms with van der Waals surface area (Å²) in [6.07, 6.45) is 5.35. The third kappa shape index (κ3) is 3.42. The van der Waals surface area contributed by atoms with Crippen molar-refractivity contribution >= 4 is 5.95 Å². The van der Waals surface area contributed by atoms with Crippen LogP contribution in [0.25, 0.3) is 11.4 Å². The van der Waals surface area contributed by atoms with Crippen molar-refractivity contribution in [2.45, 2.75) is 24.9 Å². The Morgan fingerprint density at radius 3 is 2.66 bits per heavy atom. The minimum absolute atomic E-state index is 0.0627. The van der Waals surface area contributed by atoms with E-state index in [0.717, 1.165) is 38.4 Å². The molecule has 5 rings (SSSR count). The molecule has 0 aliphatic carbocycles. The predicted molar refractivity (Wildman–Crippen MR) is 112 cm³/mol. The van der Waals surface area contributed by atoms with Crippen molar-refractivity contribution in [2.24, 2.45) is 7.05 Å². The molecule has 3 aromatic rings. The third-order valence-electron chi connectivity index (χ3n) is 6.10. The Balaban J connectivity index is 1.34. The highest BCUT2D eigenvalue weighted by atomic mass is 16.1. The van der Waals surface area contributed by atoms with Crippen LogP contribution in [0.5, 0.6) is 0 Å². The lowest BCUT2D eigenvalue weighted by molar-refractivity contribution is 0.240. The maximum Gasteiger partial charge on any atom is 0.255 e. The van der Waals surface area contributed by atoms with E-state index in [2.05, 4.69) is 50.1 Å². The number of anilines is 1. The summed E-state index contributed by atoms with van der Waals surface area (Å²) in [5.41, 5.74) is 2.60. The molecule has 2 atom stereocenters. The van der Waals surface area contributed by atoms with E-state index in [1.54, 1.807) is 29.9 Å². The van der Waals surface area contributed by atoms with Gasteiger partial charge in [-0.1, -0.05) is 30.3 Å². The van der Waals surface area contributed by atoms with Gasteiger partial charge in [-0.3, -0.25) is 14.3 Å². The van der Waals surface area contributed by atoms with Gasteiger partial charge in [-0.2, -0.15) is 0 Å². The van der Waals surface area contributed by atoms with E-state index in [9.17, 15) is 4.79 Å². The lowest BCUT2D eigenvalue weighted by atomic mass is 10.1. The molecule has 4 heterocycles. The summed E-state index contributed by atoms with van der Waals surface area (Å²) in [7, 11) is 1.80. The molecule has 148 valence electrons. The highest BCUT2D eigenvalue weighted by Crippen LogP contribution is 2.33. The average molecular weight is 388 g/mol. The fourth-order valence-corrected chi connectivity index (χ4v) is 4.54. The van der Waals surface area contributed by atoms with E-state index in [4.69, 9.17) is 4.98 Å². The Bertz CT molecular complexity index is 1050. The van der Waals surface area contributed by atoms with Crippen LogP contribution in [0, 0.1) is 0 Å². The Morgan fingerprint density at radius 2 is 1.93 bits per heavy atom. The highest BCUT2D eigenvalue weighted by Gasteiger charge is 2.44. The molecule has 2 saturated heterocycles. The van der Waals surface area contributed by atoms with E-state index in [1.165, 1.54) is 11.9 Å². The van der Waals surface area contributed by atoms with Gasteiger partial charge in [0.25, 0.3) is 5.56 Å². The second-order valence-corrected chi connectivity index (χ2v) is 7.86. The van der Waals surface area contributed by atoms with Crippen molar-refractivity contribution in [1.82, 2.24) is 24.4 Å². The predicted octanol–water partition coefficient (Wildman–Crippen LogP) is 1.74. The molecule has 0 N–H and O–H groups in total. The van der Waals surface area contributed by atoms with Crippen LogP contribution >= 0.6 is 0 Å². The number of hydrogen-bond acceptors (Lipinski definition) is 6. The summed E-state index contributed by atoms with van der Waals surface area (Å²) in [5, 5.41) is 0. The molecule has 0 radical (unpaired) electrons. The summed E-state index contributed by atoms with van der Waals surface area (Å²) in [6.45, 7) is 3.00. The molecule has 2 aromatic heterocycles. The van der Waals surface area contributed by atoms with Crippen molar-refractivity contribution in [3.8, 4) is 11.4 Å². The van der Waals surface area contributed by atoms with Gasteiger partial charge < -0.3 is 4.90 Å². The fraction of sp³-hybridized carbons (Fsp3) is 0.364. The summed E-state index contributed by atoms with van der Waals surface area (Å²) >= 11 is 0. The highest BCUT2D eigenvalue weighted by molar-refractivity contribution is 5.55. The quantitative estimate of drug-likeness (QED) is 0.663. The van der Waals surface area contributed by atoms with Crippen LogP contribution in [0.1, 0.15) is 12.0 Å². The summed E-state index contributed by atoms with van der Waals surface area (Å²) < 4.78 is 1.65. The van der Waals surface area contributed by atoms with Crippen molar-refractivity contribution in [2.75, 3.05) is 24.5 Å². The first-order valence-corrected chi connectivity index (χ1v) is 10.1. The number of hydrogen-bond donors (Lipinski definition) is 0. The van der Waals surface area contributed by atoms with Crippen molar-refractivity contribution in [3.05, 3.63) is 70.9 Å². The number of benzene rings is 1. The Kier molecular flexibility index (Phi) is 4.60. The van der Waals surface area contributed by atoms with Gasteiger partial charge in [0, 0.05) is 51.0 Å². The second-order valence-electron chi connectivity index (χ2n) is 7.86. The van der Waals surface area contributed by atoms with Gasteiger partial charge in [0.1, 0.15) is 6.33 Å². The lowest BCUT2D eigenvalue weighted by Gasteiger charge is -2.35. The van der Waals surface area contributed by atoms with Crippen LogP contribution in [0.2, 0.25) is 0 Å². The topological polar surface area (TPSA) is 67.2 Å². The van der Waals surface area contributed by atoms with Crippen LogP contribution in [0.15, 0.2) is 59.8 Å². The van der Waals surface area contributed by atoms with Crippen LogP contribution in [0.3, 0.4) is 0 Å². The van der Waals surface area contributed by atoms with Crippen molar-refractivity contribution < 1.29 is 0 Å². The van der Waals surface area contributed by atoms with Gasteiger partial charge >= 0.3 is 0 Å². The van der Waals surface area contributed by atoms with Crippen molar-refractivity contribution in [3.63, 3.8) is 0 Å². The molecule has 0 saturated carbocycles. The zero-order chi connectivity index (χ0) is 19.8. The van der Waals surface area contributed by atoms with Gasteiger partial charge in [0.15, 0.2) is 0 Å². The molecule has 2 fully saturated rings. The molecule has 29 heavy (non-hydrogen) atoms. The number of piperazine rings is 1. The number of likely N-dealkylation sites (tertiary alicyclic amines) is 1. The van der Waals surface area contributed by atoms with E-state index in [0.29, 0.717) is 23.5 Å². The molecule has 1 aromatic carbocycles. The van der Waals surface area contributed by atoms with Gasteiger partial charge in [-0.15, -0.1) is 0 Å². The first-order valence-electron chi connectivity index (χ1n) is 10.1. The first-order chi connectivity index (χ1) is 14.2. The fourth-order valence-electron chi connectivity index (χ4n) is 4.54. The maximum atomic E-state index is 12.6. The largest absolute Gasteiger partial charge is 0.336 e. The van der Waals surface area contributed by atoms with Crippen LogP contribution in [0.4, 0.5) is 5.95 Å². The average Bonchev–Trinajstić information content (AvgIpc) is 3.36. The van der Waals surface area contributed by atoms with Gasteiger partial charge in [0.05, 0.1) is 11.4 Å². The van der Waals surface area contributed by atoms with Gasteiger partial charge in [-0.05, 0) is 24.5 Å². The summed E-state index contributed by atoms with van der Waals surface area (Å²) in [6, 6.07) is 14.9. The summed E-state index contributed by atoms with van der Waals surface area (Å²) in [5.74, 6) is 0.737. The standard InChI is InChI=1S/C22H24N6O/c1-26-21(29)12-20(19-7-9-23-15-24-19)25-22(26)28-14-17-11-18(28)13-27(17)10-8-16-5-3-2-4-6-16/h2-7,9,12,15,17-18H,8,10-11,13-14H2,1H3.